The van der Waals surface area contributed by atoms with Crippen molar-refractivity contribution in [2.24, 2.45) is 0 Å². The van der Waals surface area contributed by atoms with Gasteiger partial charge in [0.25, 0.3) is 0 Å². The molecular weight excluding hydrogens is 329 g/mol. The molecule has 0 saturated carbocycles. The zero-order valence-corrected chi connectivity index (χ0v) is 14.3. The van der Waals surface area contributed by atoms with Crippen molar-refractivity contribution in [1.29, 1.82) is 0 Å². The SMILES string of the molecule is CCN1CCC[C@H]1CNCc1ccc(-c2cccc(C(F)(F)F)c2)o1. The second-order valence-electron chi connectivity index (χ2n) is 6.40. The van der Waals surface area contributed by atoms with Gasteiger partial charge in [-0.1, -0.05) is 19.1 Å². The van der Waals surface area contributed by atoms with Gasteiger partial charge in [-0.15, -0.1) is 0 Å². The molecule has 2 aromatic rings. The van der Waals surface area contributed by atoms with Gasteiger partial charge < -0.3 is 9.73 Å². The van der Waals surface area contributed by atoms with E-state index < -0.39 is 11.7 Å². The first-order valence-corrected chi connectivity index (χ1v) is 8.68. The topological polar surface area (TPSA) is 28.4 Å². The summed E-state index contributed by atoms with van der Waals surface area (Å²) < 4.78 is 44.2. The number of benzene rings is 1. The normalized spacial score (nSPS) is 18.8. The van der Waals surface area contributed by atoms with Crippen LogP contribution >= 0.6 is 0 Å². The fourth-order valence-electron chi connectivity index (χ4n) is 3.38. The van der Waals surface area contributed by atoms with Gasteiger partial charge in [-0.05, 0) is 50.2 Å². The van der Waals surface area contributed by atoms with E-state index in [1.807, 2.05) is 6.07 Å². The maximum absolute atomic E-state index is 12.8. The number of hydrogen-bond acceptors (Lipinski definition) is 3. The molecule has 25 heavy (non-hydrogen) atoms. The zero-order chi connectivity index (χ0) is 17.9. The summed E-state index contributed by atoms with van der Waals surface area (Å²) in [6.07, 6.45) is -1.91. The van der Waals surface area contributed by atoms with E-state index in [4.69, 9.17) is 4.42 Å². The standard InChI is InChI=1S/C19H23F3N2O/c1-2-24-10-4-7-16(24)12-23-13-17-8-9-18(25-17)14-5-3-6-15(11-14)19(20,21)22/h3,5-6,8-9,11,16,23H,2,4,7,10,12-13H2,1H3/t16-/m0/s1. The van der Waals surface area contributed by atoms with Crippen molar-refractivity contribution < 1.29 is 17.6 Å². The van der Waals surface area contributed by atoms with Crippen LogP contribution in [0.1, 0.15) is 31.1 Å². The molecule has 1 aromatic carbocycles. The second-order valence-corrected chi connectivity index (χ2v) is 6.40. The molecule has 6 heteroatoms. The summed E-state index contributed by atoms with van der Waals surface area (Å²) in [5, 5.41) is 3.39. The minimum atomic E-state index is -4.35. The predicted molar refractivity (Wildman–Crippen MR) is 91.1 cm³/mol. The van der Waals surface area contributed by atoms with E-state index in [0.29, 0.717) is 23.9 Å². The average molecular weight is 352 g/mol. The van der Waals surface area contributed by atoms with Crippen LogP contribution in [0.3, 0.4) is 0 Å². The molecule has 3 rings (SSSR count). The Morgan fingerprint density at radius 1 is 1.24 bits per heavy atom. The molecule has 0 aliphatic carbocycles. The first-order chi connectivity index (χ1) is 12.0. The molecule has 0 bridgehead atoms. The number of furan rings is 1. The summed E-state index contributed by atoms with van der Waals surface area (Å²) in [5.74, 6) is 1.19. The molecular formula is C19H23F3N2O. The lowest BCUT2D eigenvalue weighted by atomic mass is 10.1. The van der Waals surface area contributed by atoms with Crippen LogP contribution in [-0.2, 0) is 12.7 Å². The van der Waals surface area contributed by atoms with Crippen molar-refractivity contribution in [3.8, 4) is 11.3 Å². The largest absolute Gasteiger partial charge is 0.460 e. The average Bonchev–Trinajstić information content (AvgIpc) is 3.23. The highest BCUT2D eigenvalue weighted by atomic mass is 19.4. The van der Waals surface area contributed by atoms with Crippen LogP contribution in [0.15, 0.2) is 40.8 Å². The monoisotopic (exact) mass is 352 g/mol. The van der Waals surface area contributed by atoms with E-state index >= 15 is 0 Å². The van der Waals surface area contributed by atoms with Crippen LogP contribution in [0, 0.1) is 0 Å². The number of hydrogen-bond donors (Lipinski definition) is 1. The number of nitrogens with zero attached hydrogens (tertiary/aromatic N) is 1. The van der Waals surface area contributed by atoms with Gasteiger partial charge in [0.2, 0.25) is 0 Å². The van der Waals surface area contributed by atoms with Gasteiger partial charge >= 0.3 is 6.18 Å². The second kappa shape index (κ2) is 7.62. The van der Waals surface area contributed by atoms with Crippen molar-refractivity contribution in [1.82, 2.24) is 10.2 Å². The number of alkyl halides is 3. The predicted octanol–water partition coefficient (Wildman–Crippen LogP) is 4.54. The maximum atomic E-state index is 12.8. The third-order valence-electron chi connectivity index (χ3n) is 4.72. The Labute approximate surface area is 145 Å². The molecule has 2 heterocycles. The van der Waals surface area contributed by atoms with E-state index in [2.05, 4.69) is 17.1 Å². The number of likely N-dealkylation sites (N-methyl/N-ethyl adjacent to an activating group) is 1. The van der Waals surface area contributed by atoms with Crippen molar-refractivity contribution in [3.63, 3.8) is 0 Å². The van der Waals surface area contributed by atoms with E-state index in [-0.39, 0.29) is 0 Å². The van der Waals surface area contributed by atoms with Crippen LogP contribution in [-0.4, -0.2) is 30.6 Å². The Balaban J connectivity index is 1.59. The van der Waals surface area contributed by atoms with Gasteiger partial charge in [0, 0.05) is 18.2 Å². The summed E-state index contributed by atoms with van der Waals surface area (Å²) in [4.78, 5) is 2.46. The van der Waals surface area contributed by atoms with E-state index in [1.165, 1.54) is 18.9 Å². The smallest absolute Gasteiger partial charge is 0.416 e. The van der Waals surface area contributed by atoms with Crippen LogP contribution in [0.2, 0.25) is 0 Å². The third kappa shape index (κ3) is 4.44. The molecule has 1 atom stereocenters. The molecule has 1 aliphatic rings. The number of likely N-dealkylation sites (tertiary alicyclic amines) is 1. The van der Waals surface area contributed by atoms with Gasteiger partial charge in [0.05, 0.1) is 12.1 Å². The maximum Gasteiger partial charge on any atom is 0.416 e. The lowest BCUT2D eigenvalue weighted by Crippen LogP contribution is -2.37. The summed E-state index contributed by atoms with van der Waals surface area (Å²) in [6.45, 7) is 5.86. The van der Waals surface area contributed by atoms with Crippen molar-refractivity contribution in [2.45, 2.75) is 38.5 Å². The van der Waals surface area contributed by atoms with Gasteiger partial charge in [-0.2, -0.15) is 13.2 Å². The molecule has 0 unspecified atom stereocenters. The molecule has 136 valence electrons. The molecule has 1 saturated heterocycles. The Bertz CT molecular complexity index is 696. The summed E-state index contributed by atoms with van der Waals surface area (Å²) in [7, 11) is 0. The third-order valence-corrected chi connectivity index (χ3v) is 4.72. The quantitative estimate of drug-likeness (QED) is 0.827. The van der Waals surface area contributed by atoms with Crippen molar-refractivity contribution in [3.05, 3.63) is 47.7 Å². The molecule has 0 spiro atoms. The first kappa shape index (κ1) is 18.0. The minimum absolute atomic E-state index is 0.439. The highest BCUT2D eigenvalue weighted by Gasteiger charge is 2.30. The number of halogens is 3. The Morgan fingerprint density at radius 3 is 2.84 bits per heavy atom. The molecule has 0 amide bonds. The highest BCUT2D eigenvalue weighted by molar-refractivity contribution is 5.58. The molecule has 1 N–H and O–H groups in total. The highest BCUT2D eigenvalue weighted by Crippen LogP contribution is 2.32. The lowest BCUT2D eigenvalue weighted by molar-refractivity contribution is -0.137. The number of nitrogens with one attached hydrogen (secondary N) is 1. The van der Waals surface area contributed by atoms with Gasteiger partial charge in [0.15, 0.2) is 0 Å². The minimum Gasteiger partial charge on any atom is -0.460 e. The summed E-state index contributed by atoms with van der Waals surface area (Å²) in [6, 6.07) is 9.31. The van der Waals surface area contributed by atoms with E-state index in [9.17, 15) is 13.2 Å². The van der Waals surface area contributed by atoms with Gasteiger partial charge in [0.1, 0.15) is 11.5 Å². The van der Waals surface area contributed by atoms with E-state index in [1.54, 1.807) is 12.1 Å². The van der Waals surface area contributed by atoms with Gasteiger partial charge in [-0.3, -0.25) is 4.90 Å². The fourth-order valence-corrected chi connectivity index (χ4v) is 3.38. The fraction of sp³-hybridized carbons (Fsp3) is 0.474. The van der Waals surface area contributed by atoms with E-state index in [0.717, 1.165) is 37.5 Å². The molecule has 3 nitrogen and oxygen atoms in total. The van der Waals surface area contributed by atoms with Crippen molar-refractivity contribution in [2.75, 3.05) is 19.6 Å². The summed E-state index contributed by atoms with van der Waals surface area (Å²) >= 11 is 0. The molecule has 0 radical (unpaired) electrons. The molecule has 1 aliphatic heterocycles. The first-order valence-electron chi connectivity index (χ1n) is 8.68. The summed E-state index contributed by atoms with van der Waals surface area (Å²) in [5.41, 5.74) is -0.226. The van der Waals surface area contributed by atoms with Gasteiger partial charge in [-0.25, -0.2) is 0 Å². The number of rotatable bonds is 6. The Morgan fingerprint density at radius 2 is 2.08 bits per heavy atom. The molecule has 1 fully saturated rings. The van der Waals surface area contributed by atoms with Crippen molar-refractivity contribution >= 4 is 0 Å². The van der Waals surface area contributed by atoms with Crippen LogP contribution < -0.4 is 5.32 Å². The Kier molecular flexibility index (Phi) is 5.49. The lowest BCUT2D eigenvalue weighted by Gasteiger charge is -2.22. The van der Waals surface area contributed by atoms with Crippen LogP contribution in [0.5, 0.6) is 0 Å². The van der Waals surface area contributed by atoms with Crippen LogP contribution in [0.4, 0.5) is 13.2 Å². The molecule has 1 aromatic heterocycles. The Hall–Kier alpha value is -1.79. The zero-order valence-electron chi connectivity index (χ0n) is 14.3. The van der Waals surface area contributed by atoms with Crippen LogP contribution in [0.25, 0.3) is 11.3 Å².